The van der Waals surface area contributed by atoms with Crippen molar-refractivity contribution < 1.29 is 10.2 Å². The third-order valence-corrected chi connectivity index (χ3v) is 3.75. The van der Waals surface area contributed by atoms with Crippen molar-refractivity contribution in [3.63, 3.8) is 0 Å². The van der Waals surface area contributed by atoms with Crippen LogP contribution in [0.2, 0.25) is 0 Å². The van der Waals surface area contributed by atoms with Crippen LogP contribution in [0, 0.1) is 0 Å². The summed E-state index contributed by atoms with van der Waals surface area (Å²) in [5.74, 6) is 0.602. The van der Waals surface area contributed by atoms with Gasteiger partial charge in [-0.05, 0) is 47.2 Å². The van der Waals surface area contributed by atoms with Crippen molar-refractivity contribution in [3.05, 3.63) is 58.7 Å². The Morgan fingerprint density at radius 3 is 1.52 bits per heavy atom. The Kier molecular flexibility index (Phi) is 5.26. The highest BCUT2D eigenvalue weighted by atomic mass is 16.3. The molecular weight excluding hydrogens is 260 g/mol. The van der Waals surface area contributed by atoms with E-state index in [2.05, 4.69) is 13.8 Å². The molecule has 2 aromatic carbocycles. The van der Waals surface area contributed by atoms with Gasteiger partial charge < -0.3 is 10.2 Å². The maximum absolute atomic E-state index is 10.0. The van der Waals surface area contributed by atoms with E-state index < -0.39 is 0 Å². The number of benzene rings is 2. The van der Waals surface area contributed by atoms with E-state index in [9.17, 15) is 10.2 Å². The normalized spacial score (nSPS) is 10.8. The van der Waals surface area contributed by atoms with Crippen LogP contribution in [-0.2, 0) is 19.3 Å². The van der Waals surface area contributed by atoms with Gasteiger partial charge in [0.25, 0.3) is 0 Å². The summed E-state index contributed by atoms with van der Waals surface area (Å²) < 4.78 is 0. The zero-order valence-corrected chi connectivity index (χ0v) is 12.9. The second-order valence-corrected chi connectivity index (χ2v) is 5.60. The minimum atomic E-state index is 0.301. The van der Waals surface area contributed by atoms with Gasteiger partial charge >= 0.3 is 0 Å². The van der Waals surface area contributed by atoms with Crippen molar-refractivity contribution in [1.29, 1.82) is 0 Å². The third kappa shape index (κ3) is 4.01. The first kappa shape index (κ1) is 15.4. The van der Waals surface area contributed by atoms with Crippen LogP contribution >= 0.6 is 0 Å². The lowest BCUT2D eigenvalue weighted by Crippen LogP contribution is -1.94. The molecule has 0 radical (unpaired) electrons. The van der Waals surface area contributed by atoms with Gasteiger partial charge in [0.05, 0.1) is 0 Å². The summed E-state index contributed by atoms with van der Waals surface area (Å²) in [5.41, 5.74) is 4.22. The minimum Gasteiger partial charge on any atom is -0.508 e. The molecule has 0 aliphatic carbocycles. The fraction of sp³-hybridized carbons (Fsp3) is 0.368. The molecule has 21 heavy (non-hydrogen) atoms. The standard InChI is InChI=1S/C19H24O2/c1-3-5-14-7-9-18(20)16(11-14)13-17-12-15(6-4-2)8-10-19(17)21/h7-12,20-21H,3-6,13H2,1-2H3. The first-order valence-electron chi connectivity index (χ1n) is 7.75. The van der Waals surface area contributed by atoms with E-state index in [0.29, 0.717) is 17.9 Å². The Morgan fingerprint density at radius 2 is 1.14 bits per heavy atom. The molecule has 0 spiro atoms. The first-order valence-corrected chi connectivity index (χ1v) is 7.75. The summed E-state index contributed by atoms with van der Waals surface area (Å²) in [6, 6.07) is 11.5. The SMILES string of the molecule is CCCc1ccc(O)c(Cc2cc(CCC)ccc2O)c1. The van der Waals surface area contributed by atoms with Crippen LogP contribution in [0.1, 0.15) is 48.9 Å². The van der Waals surface area contributed by atoms with Gasteiger partial charge in [0.15, 0.2) is 0 Å². The average molecular weight is 284 g/mol. The van der Waals surface area contributed by atoms with Crippen LogP contribution in [0.15, 0.2) is 36.4 Å². The number of rotatable bonds is 6. The molecule has 0 fully saturated rings. The summed E-state index contributed by atoms with van der Waals surface area (Å²) in [5, 5.41) is 20.1. The van der Waals surface area contributed by atoms with Crippen molar-refractivity contribution in [2.24, 2.45) is 0 Å². The maximum atomic E-state index is 10.0. The van der Waals surface area contributed by atoms with Crippen LogP contribution < -0.4 is 0 Å². The summed E-state index contributed by atoms with van der Waals surface area (Å²) in [6.07, 6.45) is 4.75. The lowest BCUT2D eigenvalue weighted by atomic mass is 9.97. The molecule has 0 atom stereocenters. The van der Waals surface area contributed by atoms with E-state index in [1.165, 1.54) is 11.1 Å². The van der Waals surface area contributed by atoms with Crippen LogP contribution in [0.3, 0.4) is 0 Å². The highest BCUT2D eigenvalue weighted by Crippen LogP contribution is 2.27. The first-order chi connectivity index (χ1) is 10.1. The number of aromatic hydroxyl groups is 2. The molecule has 2 N–H and O–H groups in total. The third-order valence-electron chi connectivity index (χ3n) is 3.75. The van der Waals surface area contributed by atoms with E-state index in [4.69, 9.17) is 0 Å². The zero-order chi connectivity index (χ0) is 15.2. The highest BCUT2D eigenvalue weighted by molar-refractivity contribution is 5.44. The van der Waals surface area contributed by atoms with Gasteiger partial charge in [-0.2, -0.15) is 0 Å². The molecule has 112 valence electrons. The number of hydrogen-bond acceptors (Lipinski definition) is 2. The molecule has 2 nitrogen and oxygen atoms in total. The Bertz CT molecular complexity index is 549. The van der Waals surface area contributed by atoms with Gasteiger partial charge in [-0.25, -0.2) is 0 Å². The van der Waals surface area contributed by atoms with E-state index >= 15 is 0 Å². The molecule has 0 aliphatic rings. The Balaban J connectivity index is 2.28. The lowest BCUT2D eigenvalue weighted by Gasteiger charge is -2.10. The largest absolute Gasteiger partial charge is 0.508 e. The molecule has 0 heterocycles. The van der Waals surface area contributed by atoms with Crippen molar-refractivity contribution in [2.45, 2.75) is 46.0 Å². The topological polar surface area (TPSA) is 40.5 Å². The molecule has 0 aromatic heterocycles. The molecule has 0 unspecified atom stereocenters. The van der Waals surface area contributed by atoms with E-state index in [1.54, 1.807) is 12.1 Å². The van der Waals surface area contributed by atoms with Gasteiger partial charge in [0, 0.05) is 6.42 Å². The number of phenolic OH excluding ortho intramolecular Hbond substituents is 2. The second kappa shape index (κ2) is 7.16. The number of hydrogen-bond donors (Lipinski definition) is 2. The van der Waals surface area contributed by atoms with Crippen LogP contribution in [0.25, 0.3) is 0 Å². The van der Waals surface area contributed by atoms with Crippen LogP contribution in [-0.4, -0.2) is 10.2 Å². The van der Waals surface area contributed by atoms with Gasteiger partial charge in [-0.3, -0.25) is 0 Å². The minimum absolute atomic E-state index is 0.301. The molecule has 2 aromatic rings. The fourth-order valence-electron chi connectivity index (χ4n) is 2.65. The van der Waals surface area contributed by atoms with Crippen LogP contribution in [0.4, 0.5) is 0 Å². The zero-order valence-electron chi connectivity index (χ0n) is 12.9. The quantitative estimate of drug-likeness (QED) is 0.814. The Hall–Kier alpha value is -1.96. The average Bonchev–Trinajstić information content (AvgIpc) is 2.46. The van der Waals surface area contributed by atoms with Gasteiger partial charge in [-0.1, -0.05) is 51.0 Å². The van der Waals surface area contributed by atoms with Gasteiger partial charge in [0.1, 0.15) is 11.5 Å². The number of aryl methyl sites for hydroxylation is 2. The van der Waals surface area contributed by atoms with E-state index in [1.807, 2.05) is 24.3 Å². The molecule has 2 heteroatoms. The van der Waals surface area contributed by atoms with E-state index in [-0.39, 0.29) is 0 Å². The van der Waals surface area contributed by atoms with E-state index in [0.717, 1.165) is 36.8 Å². The number of phenols is 2. The van der Waals surface area contributed by atoms with Gasteiger partial charge in [-0.15, -0.1) is 0 Å². The Morgan fingerprint density at radius 1 is 0.714 bits per heavy atom. The summed E-state index contributed by atoms with van der Waals surface area (Å²) in [7, 11) is 0. The predicted octanol–water partition coefficient (Wildman–Crippen LogP) is 4.59. The summed E-state index contributed by atoms with van der Waals surface area (Å²) in [6.45, 7) is 4.29. The fourth-order valence-corrected chi connectivity index (χ4v) is 2.65. The molecule has 2 rings (SSSR count). The molecule has 0 bridgehead atoms. The van der Waals surface area contributed by atoms with Crippen molar-refractivity contribution >= 4 is 0 Å². The highest BCUT2D eigenvalue weighted by Gasteiger charge is 2.08. The molecular formula is C19H24O2. The second-order valence-electron chi connectivity index (χ2n) is 5.60. The smallest absolute Gasteiger partial charge is 0.119 e. The lowest BCUT2D eigenvalue weighted by molar-refractivity contribution is 0.462. The van der Waals surface area contributed by atoms with Gasteiger partial charge in [0.2, 0.25) is 0 Å². The predicted molar refractivity (Wildman–Crippen MR) is 87.0 cm³/mol. The van der Waals surface area contributed by atoms with Crippen LogP contribution in [0.5, 0.6) is 11.5 Å². The maximum Gasteiger partial charge on any atom is 0.119 e. The summed E-state index contributed by atoms with van der Waals surface area (Å²) >= 11 is 0. The monoisotopic (exact) mass is 284 g/mol. The van der Waals surface area contributed by atoms with Crippen molar-refractivity contribution in [3.8, 4) is 11.5 Å². The molecule has 0 saturated heterocycles. The van der Waals surface area contributed by atoms with Crippen molar-refractivity contribution in [2.75, 3.05) is 0 Å². The Labute approximate surface area is 127 Å². The summed E-state index contributed by atoms with van der Waals surface area (Å²) in [4.78, 5) is 0. The van der Waals surface area contributed by atoms with Crippen molar-refractivity contribution in [1.82, 2.24) is 0 Å². The molecule has 0 saturated carbocycles. The molecule has 0 aliphatic heterocycles. The molecule has 0 amide bonds.